The average Bonchev–Trinajstić information content (AvgIpc) is 2.25. The van der Waals surface area contributed by atoms with Crippen molar-refractivity contribution in [3.63, 3.8) is 0 Å². The maximum absolute atomic E-state index is 6.25. The summed E-state index contributed by atoms with van der Waals surface area (Å²) in [5, 5.41) is 3.18. The van der Waals surface area contributed by atoms with Crippen LogP contribution in [-0.4, -0.2) is 27.3 Å². The van der Waals surface area contributed by atoms with E-state index in [2.05, 4.69) is 21.2 Å². The van der Waals surface area contributed by atoms with E-state index in [0.29, 0.717) is 11.5 Å². The number of benzene rings is 1. The van der Waals surface area contributed by atoms with Crippen LogP contribution in [0.4, 0.5) is 0 Å². The van der Waals surface area contributed by atoms with Gasteiger partial charge in [0.05, 0.1) is 19.8 Å². The first-order valence-electron chi connectivity index (χ1n) is 5.02. The van der Waals surface area contributed by atoms with Crippen LogP contribution in [0.15, 0.2) is 16.6 Å². The van der Waals surface area contributed by atoms with Gasteiger partial charge in [-0.25, -0.2) is 0 Å². The maximum Gasteiger partial charge on any atom is 0.161 e. The Kier molecular flexibility index (Phi) is 4.66. The molecule has 96 valence electrons. The Morgan fingerprint density at radius 3 is 2.18 bits per heavy atom. The van der Waals surface area contributed by atoms with Gasteiger partial charge in [0, 0.05) is 17.6 Å². The van der Waals surface area contributed by atoms with Crippen molar-refractivity contribution in [1.82, 2.24) is 5.32 Å². The first kappa shape index (κ1) is 14.6. The van der Waals surface area contributed by atoms with Crippen LogP contribution in [-0.2, 0) is 5.54 Å². The number of nitrogens with one attached hydrogen (secondary N) is 1. The molecule has 1 heterocycles. The van der Waals surface area contributed by atoms with E-state index in [9.17, 15) is 0 Å². The van der Waals surface area contributed by atoms with Crippen molar-refractivity contribution in [2.45, 2.75) is 5.54 Å². The van der Waals surface area contributed by atoms with Crippen molar-refractivity contribution in [2.75, 3.05) is 27.3 Å². The van der Waals surface area contributed by atoms with Gasteiger partial charge in [-0.05, 0) is 17.7 Å². The van der Waals surface area contributed by atoms with Crippen LogP contribution in [0.5, 0.6) is 11.5 Å². The molecule has 0 saturated carbocycles. The molecular weight excluding hydrogens is 307 g/mol. The zero-order chi connectivity index (χ0) is 11.8. The quantitative estimate of drug-likeness (QED) is 0.888. The molecular formula is C11H16BrClN2O2. The van der Waals surface area contributed by atoms with E-state index < -0.39 is 0 Å². The second-order valence-corrected chi connectivity index (χ2v) is 4.80. The van der Waals surface area contributed by atoms with E-state index >= 15 is 0 Å². The van der Waals surface area contributed by atoms with Gasteiger partial charge in [-0.3, -0.25) is 0 Å². The Labute approximate surface area is 115 Å². The van der Waals surface area contributed by atoms with E-state index in [1.807, 2.05) is 12.1 Å². The lowest BCUT2D eigenvalue weighted by Gasteiger charge is -2.40. The summed E-state index contributed by atoms with van der Waals surface area (Å²) < 4.78 is 11.5. The molecule has 1 fully saturated rings. The summed E-state index contributed by atoms with van der Waals surface area (Å²) in [7, 11) is 3.24. The molecule has 0 radical (unpaired) electrons. The number of nitrogens with two attached hydrogens (primary N) is 1. The second-order valence-electron chi connectivity index (χ2n) is 3.95. The molecule has 1 aliphatic heterocycles. The van der Waals surface area contributed by atoms with E-state index in [1.165, 1.54) is 0 Å². The molecule has 1 aromatic carbocycles. The van der Waals surface area contributed by atoms with Crippen molar-refractivity contribution < 1.29 is 9.47 Å². The molecule has 0 amide bonds. The van der Waals surface area contributed by atoms with E-state index in [4.69, 9.17) is 15.2 Å². The first-order chi connectivity index (χ1) is 7.60. The van der Waals surface area contributed by atoms with Gasteiger partial charge in [-0.1, -0.05) is 15.9 Å². The minimum atomic E-state index is -0.307. The minimum absolute atomic E-state index is 0. The molecule has 1 aromatic rings. The van der Waals surface area contributed by atoms with Crippen LogP contribution in [0, 0.1) is 0 Å². The minimum Gasteiger partial charge on any atom is -0.493 e. The van der Waals surface area contributed by atoms with Crippen molar-refractivity contribution in [1.29, 1.82) is 0 Å². The van der Waals surface area contributed by atoms with Gasteiger partial charge in [0.2, 0.25) is 0 Å². The Hall–Kier alpha value is -0.490. The van der Waals surface area contributed by atoms with E-state index in [0.717, 1.165) is 23.1 Å². The topological polar surface area (TPSA) is 56.5 Å². The molecule has 4 nitrogen and oxygen atoms in total. The first-order valence-corrected chi connectivity index (χ1v) is 5.81. The number of hydrogen-bond donors (Lipinski definition) is 2. The Bertz CT molecular complexity index is 411. The molecule has 0 aliphatic carbocycles. The van der Waals surface area contributed by atoms with Gasteiger partial charge < -0.3 is 20.5 Å². The fourth-order valence-electron chi connectivity index (χ4n) is 1.82. The number of rotatable bonds is 3. The normalized spacial score (nSPS) is 16.7. The Morgan fingerprint density at radius 1 is 1.24 bits per heavy atom. The highest BCUT2D eigenvalue weighted by Gasteiger charge is 2.36. The van der Waals surface area contributed by atoms with E-state index in [-0.39, 0.29) is 17.9 Å². The molecule has 0 unspecified atom stereocenters. The van der Waals surface area contributed by atoms with Gasteiger partial charge in [0.1, 0.15) is 0 Å². The van der Waals surface area contributed by atoms with Crippen LogP contribution >= 0.6 is 28.3 Å². The maximum atomic E-state index is 6.25. The summed E-state index contributed by atoms with van der Waals surface area (Å²) in [5.74, 6) is 1.41. The molecule has 6 heteroatoms. The summed E-state index contributed by atoms with van der Waals surface area (Å²) in [6.07, 6.45) is 0. The molecule has 0 aromatic heterocycles. The summed E-state index contributed by atoms with van der Waals surface area (Å²) in [5.41, 5.74) is 6.99. The molecule has 1 saturated heterocycles. The van der Waals surface area contributed by atoms with E-state index in [1.54, 1.807) is 14.2 Å². The molecule has 0 spiro atoms. The van der Waals surface area contributed by atoms with Crippen LogP contribution < -0.4 is 20.5 Å². The second kappa shape index (κ2) is 5.44. The third-order valence-corrected chi connectivity index (χ3v) is 3.55. The lowest BCUT2D eigenvalue weighted by atomic mass is 9.85. The largest absolute Gasteiger partial charge is 0.493 e. The monoisotopic (exact) mass is 322 g/mol. The molecule has 0 bridgehead atoms. The molecule has 1 aliphatic rings. The number of hydrogen-bond acceptors (Lipinski definition) is 4. The third-order valence-electron chi connectivity index (χ3n) is 2.89. The smallest absolute Gasteiger partial charge is 0.161 e. The summed E-state index contributed by atoms with van der Waals surface area (Å²) in [4.78, 5) is 0. The van der Waals surface area contributed by atoms with Gasteiger partial charge in [-0.15, -0.1) is 12.4 Å². The van der Waals surface area contributed by atoms with Gasteiger partial charge >= 0.3 is 0 Å². The molecule has 0 atom stereocenters. The number of halogens is 2. The van der Waals surface area contributed by atoms with Crippen molar-refractivity contribution in [3.8, 4) is 11.5 Å². The van der Waals surface area contributed by atoms with Crippen molar-refractivity contribution in [3.05, 3.63) is 22.2 Å². The SMILES string of the molecule is COc1cc(Br)c(C2(N)CNC2)cc1OC.Cl. The lowest BCUT2D eigenvalue weighted by Crippen LogP contribution is -2.62. The highest BCUT2D eigenvalue weighted by atomic mass is 79.9. The third kappa shape index (κ3) is 2.52. The zero-order valence-corrected chi connectivity index (χ0v) is 12.2. The summed E-state index contributed by atoms with van der Waals surface area (Å²) >= 11 is 3.52. The van der Waals surface area contributed by atoms with Gasteiger partial charge in [0.15, 0.2) is 11.5 Å². The van der Waals surface area contributed by atoms with Crippen molar-refractivity contribution in [2.24, 2.45) is 5.73 Å². The Balaban J connectivity index is 0.00000144. The van der Waals surface area contributed by atoms with Gasteiger partial charge in [-0.2, -0.15) is 0 Å². The van der Waals surface area contributed by atoms with Crippen LogP contribution in [0.25, 0.3) is 0 Å². The summed E-state index contributed by atoms with van der Waals surface area (Å²) in [6, 6.07) is 3.82. The van der Waals surface area contributed by atoms with Crippen LogP contribution in [0.3, 0.4) is 0 Å². The van der Waals surface area contributed by atoms with Gasteiger partial charge in [0.25, 0.3) is 0 Å². The molecule has 17 heavy (non-hydrogen) atoms. The highest BCUT2D eigenvalue weighted by Crippen LogP contribution is 2.38. The predicted octanol–water partition coefficient (Wildman–Crippen LogP) is 1.65. The standard InChI is InChI=1S/C11H15BrN2O2.ClH/c1-15-9-3-7(11(13)5-14-6-11)8(12)4-10(9)16-2;/h3-4,14H,5-6,13H2,1-2H3;1H. The zero-order valence-electron chi connectivity index (χ0n) is 9.75. The van der Waals surface area contributed by atoms with Crippen molar-refractivity contribution >= 4 is 28.3 Å². The Morgan fingerprint density at radius 2 is 1.76 bits per heavy atom. The summed E-state index contributed by atoms with van der Waals surface area (Å²) in [6.45, 7) is 1.56. The fraction of sp³-hybridized carbons (Fsp3) is 0.455. The predicted molar refractivity (Wildman–Crippen MR) is 73.2 cm³/mol. The lowest BCUT2D eigenvalue weighted by molar-refractivity contribution is 0.283. The number of ether oxygens (including phenoxy) is 2. The molecule has 3 N–H and O–H groups in total. The fourth-order valence-corrected chi connectivity index (χ4v) is 2.54. The number of methoxy groups -OCH3 is 2. The highest BCUT2D eigenvalue weighted by molar-refractivity contribution is 9.10. The van der Waals surface area contributed by atoms with Crippen LogP contribution in [0.1, 0.15) is 5.56 Å². The average molecular weight is 324 g/mol. The van der Waals surface area contributed by atoms with Crippen LogP contribution in [0.2, 0.25) is 0 Å². The molecule has 2 rings (SSSR count).